The Morgan fingerprint density at radius 2 is 2.10 bits per heavy atom. The Bertz CT molecular complexity index is 1140. The highest BCUT2D eigenvalue weighted by molar-refractivity contribution is 7.98. The molecule has 1 aromatic carbocycles. The number of nitrogens with one attached hydrogen (secondary N) is 1. The van der Waals surface area contributed by atoms with Crippen LogP contribution in [0.15, 0.2) is 29.3 Å². The minimum atomic E-state index is -0.329. The second-order valence-electron chi connectivity index (χ2n) is 6.96. The molecule has 2 heterocycles. The topological polar surface area (TPSA) is 109 Å². The summed E-state index contributed by atoms with van der Waals surface area (Å²) in [7, 11) is 0. The third-order valence-corrected chi connectivity index (χ3v) is 5.55. The molecule has 4 rings (SSSR count). The lowest BCUT2D eigenvalue weighted by molar-refractivity contribution is 0.102. The number of tetrazole rings is 1. The number of amides is 1. The van der Waals surface area contributed by atoms with E-state index in [1.54, 1.807) is 10.7 Å². The van der Waals surface area contributed by atoms with Crippen molar-refractivity contribution in [2.75, 3.05) is 11.6 Å². The monoisotopic (exact) mass is 405 g/mol. The summed E-state index contributed by atoms with van der Waals surface area (Å²) >= 11 is 1.38. The maximum absolute atomic E-state index is 13.1. The fraction of sp³-hybridized carbons (Fsp3) is 0.300. The summed E-state index contributed by atoms with van der Waals surface area (Å²) in [5.74, 6) is 0.703. The molecule has 0 radical (unpaired) electrons. The van der Waals surface area contributed by atoms with Gasteiger partial charge in [0.25, 0.3) is 5.91 Å². The van der Waals surface area contributed by atoms with Crippen molar-refractivity contribution in [3.8, 4) is 11.8 Å². The maximum atomic E-state index is 13.1. The summed E-state index contributed by atoms with van der Waals surface area (Å²) in [5.41, 5.74) is 3.90. The summed E-state index contributed by atoms with van der Waals surface area (Å²) in [6, 6.07) is 9.44. The summed E-state index contributed by atoms with van der Waals surface area (Å²) in [5, 5.41) is 24.7. The fourth-order valence-electron chi connectivity index (χ4n) is 3.13. The number of aromatic nitrogens is 5. The predicted octanol–water partition coefficient (Wildman–Crippen LogP) is 3.40. The normalized spacial score (nSPS) is 13.2. The van der Waals surface area contributed by atoms with E-state index in [1.165, 1.54) is 11.8 Å². The third-order valence-electron chi connectivity index (χ3n) is 4.87. The van der Waals surface area contributed by atoms with Crippen LogP contribution in [0, 0.1) is 25.2 Å². The quantitative estimate of drug-likeness (QED) is 0.648. The molecular formula is C20H19N7OS. The average molecular weight is 405 g/mol. The largest absolute Gasteiger partial charge is 0.322 e. The molecule has 0 saturated heterocycles. The molecule has 1 aliphatic rings. The summed E-state index contributed by atoms with van der Waals surface area (Å²) in [6.45, 7) is 3.76. The van der Waals surface area contributed by atoms with Gasteiger partial charge in [0, 0.05) is 17.3 Å². The third kappa shape index (κ3) is 3.71. The van der Waals surface area contributed by atoms with Crippen LogP contribution in [0.25, 0.3) is 5.69 Å². The highest BCUT2D eigenvalue weighted by atomic mass is 32.2. The molecule has 1 saturated carbocycles. The van der Waals surface area contributed by atoms with E-state index >= 15 is 0 Å². The van der Waals surface area contributed by atoms with Crippen LogP contribution in [0.3, 0.4) is 0 Å². The molecule has 1 N–H and O–H groups in total. The molecule has 29 heavy (non-hydrogen) atoms. The van der Waals surface area contributed by atoms with E-state index in [0.29, 0.717) is 33.6 Å². The average Bonchev–Trinajstić information content (AvgIpc) is 3.49. The van der Waals surface area contributed by atoms with E-state index in [1.807, 2.05) is 38.3 Å². The zero-order valence-electron chi connectivity index (χ0n) is 16.3. The van der Waals surface area contributed by atoms with E-state index in [9.17, 15) is 10.1 Å². The number of anilines is 1. The molecule has 2 aromatic heterocycles. The van der Waals surface area contributed by atoms with Crippen molar-refractivity contribution in [1.29, 1.82) is 5.26 Å². The van der Waals surface area contributed by atoms with Crippen molar-refractivity contribution < 1.29 is 4.79 Å². The molecular weight excluding hydrogens is 386 g/mol. The Labute approximate surface area is 172 Å². The van der Waals surface area contributed by atoms with Crippen LogP contribution >= 0.6 is 11.8 Å². The van der Waals surface area contributed by atoms with E-state index < -0.39 is 0 Å². The maximum Gasteiger partial charge on any atom is 0.257 e. The SMILES string of the molecule is CSc1nc(C2CC2)cc(C(=O)Nc2ccc(C)c(-n3nnnc3C)c2)c1C#N. The molecule has 8 nitrogen and oxygen atoms in total. The van der Waals surface area contributed by atoms with Gasteiger partial charge in [-0.05, 0) is 67.1 Å². The van der Waals surface area contributed by atoms with Crippen molar-refractivity contribution in [3.63, 3.8) is 0 Å². The first-order valence-electron chi connectivity index (χ1n) is 9.18. The number of benzene rings is 1. The van der Waals surface area contributed by atoms with Crippen LogP contribution in [0.1, 0.15) is 51.8 Å². The zero-order valence-corrected chi connectivity index (χ0v) is 17.1. The molecule has 0 spiro atoms. The van der Waals surface area contributed by atoms with Gasteiger partial charge in [-0.3, -0.25) is 4.79 Å². The van der Waals surface area contributed by atoms with Gasteiger partial charge >= 0.3 is 0 Å². The van der Waals surface area contributed by atoms with Gasteiger partial charge in [0.2, 0.25) is 0 Å². The number of nitrogens with zero attached hydrogens (tertiary/aromatic N) is 6. The molecule has 0 unspecified atom stereocenters. The number of carbonyl (C=O) groups is 1. The Balaban J connectivity index is 1.69. The highest BCUT2D eigenvalue weighted by Crippen LogP contribution is 2.40. The second kappa shape index (κ2) is 7.64. The van der Waals surface area contributed by atoms with Gasteiger partial charge in [-0.2, -0.15) is 9.94 Å². The molecule has 0 atom stereocenters. The number of hydrogen-bond donors (Lipinski definition) is 1. The molecule has 1 aliphatic carbocycles. The highest BCUT2D eigenvalue weighted by Gasteiger charge is 2.28. The molecule has 9 heteroatoms. The first-order chi connectivity index (χ1) is 14.0. The lowest BCUT2D eigenvalue weighted by atomic mass is 10.1. The van der Waals surface area contributed by atoms with Gasteiger partial charge in [-0.15, -0.1) is 16.9 Å². The Hall–Kier alpha value is -3.25. The van der Waals surface area contributed by atoms with Crippen LogP contribution < -0.4 is 5.32 Å². The molecule has 1 amide bonds. The summed E-state index contributed by atoms with van der Waals surface area (Å²) in [6.07, 6.45) is 4.00. The number of aryl methyl sites for hydroxylation is 2. The predicted molar refractivity (Wildman–Crippen MR) is 109 cm³/mol. The summed E-state index contributed by atoms with van der Waals surface area (Å²) < 4.78 is 1.62. The van der Waals surface area contributed by atoms with Crippen LogP contribution in [0.4, 0.5) is 5.69 Å². The fourth-order valence-corrected chi connectivity index (χ4v) is 3.69. The lowest BCUT2D eigenvalue weighted by Gasteiger charge is -2.13. The van der Waals surface area contributed by atoms with E-state index in [-0.39, 0.29) is 5.91 Å². The van der Waals surface area contributed by atoms with Crippen molar-refractivity contribution in [3.05, 3.63) is 52.5 Å². The first kappa shape index (κ1) is 19.1. The van der Waals surface area contributed by atoms with E-state index in [2.05, 4.69) is 31.9 Å². The standard InChI is InChI=1S/C20H19N7OS/c1-11-4-7-14(8-18(11)27-12(2)24-25-26-27)22-19(28)15-9-17(13-5-6-13)23-20(29-3)16(15)10-21/h4,7-9,13H,5-6H2,1-3H3,(H,22,28). The molecule has 1 fully saturated rings. The van der Waals surface area contributed by atoms with E-state index in [4.69, 9.17) is 0 Å². The second-order valence-corrected chi connectivity index (χ2v) is 7.75. The van der Waals surface area contributed by atoms with Crippen LogP contribution in [-0.2, 0) is 0 Å². The van der Waals surface area contributed by atoms with Gasteiger partial charge in [0.15, 0.2) is 5.82 Å². The Morgan fingerprint density at radius 3 is 2.72 bits per heavy atom. The van der Waals surface area contributed by atoms with Crippen molar-refractivity contribution in [2.24, 2.45) is 0 Å². The lowest BCUT2D eigenvalue weighted by Crippen LogP contribution is -2.16. The van der Waals surface area contributed by atoms with Crippen molar-refractivity contribution in [1.82, 2.24) is 25.2 Å². The number of rotatable bonds is 5. The van der Waals surface area contributed by atoms with E-state index in [0.717, 1.165) is 29.8 Å². The van der Waals surface area contributed by atoms with Crippen molar-refractivity contribution >= 4 is 23.4 Å². The van der Waals surface area contributed by atoms with Gasteiger partial charge < -0.3 is 5.32 Å². The number of pyridine rings is 1. The molecule has 0 aliphatic heterocycles. The van der Waals surface area contributed by atoms with Gasteiger partial charge in [0.05, 0.1) is 16.8 Å². The number of nitriles is 1. The van der Waals surface area contributed by atoms with Crippen molar-refractivity contribution in [2.45, 2.75) is 37.6 Å². The zero-order chi connectivity index (χ0) is 20.5. The number of carbonyl (C=O) groups excluding carboxylic acids is 1. The number of hydrogen-bond acceptors (Lipinski definition) is 7. The van der Waals surface area contributed by atoms with Crippen LogP contribution in [-0.4, -0.2) is 37.4 Å². The van der Waals surface area contributed by atoms with Crippen LogP contribution in [0.2, 0.25) is 0 Å². The smallest absolute Gasteiger partial charge is 0.257 e. The molecule has 146 valence electrons. The van der Waals surface area contributed by atoms with Gasteiger partial charge in [-0.25, -0.2) is 4.98 Å². The summed E-state index contributed by atoms with van der Waals surface area (Å²) in [4.78, 5) is 17.6. The van der Waals surface area contributed by atoms with Crippen LogP contribution in [0.5, 0.6) is 0 Å². The van der Waals surface area contributed by atoms with Gasteiger partial charge in [-0.1, -0.05) is 6.07 Å². The Morgan fingerprint density at radius 1 is 1.31 bits per heavy atom. The first-order valence-corrected chi connectivity index (χ1v) is 10.4. The molecule has 3 aromatic rings. The number of thioether (sulfide) groups is 1. The molecule has 0 bridgehead atoms. The Kier molecular flexibility index (Phi) is 5.03. The van der Waals surface area contributed by atoms with Gasteiger partial charge in [0.1, 0.15) is 11.1 Å². The minimum Gasteiger partial charge on any atom is -0.322 e. The minimum absolute atomic E-state index is 0.308.